The average molecular weight is 329 g/mol. The second kappa shape index (κ2) is 6.54. The van der Waals surface area contributed by atoms with Crippen LogP contribution in [0.5, 0.6) is 5.75 Å². The predicted molar refractivity (Wildman–Crippen MR) is 77.8 cm³/mol. The molecule has 1 saturated carbocycles. The van der Waals surface area contributed by atoms with Crippen LogP contribution in [0.3, 0.4) is 0 Å². The van der Waals surface area contributed by atoms with Crippen molar-refractivity contribution in [1.29, 1.82) is 0 Å². The Morgan fingerprint density at radius 1 is 1.23 bits per heavy atom. The van der Waals surface area contributed by atoms with Gasteiger partial charge >= 0.3 is 11.9 Å². The molecule has 1 aromatic rings. The molecule has 0 spiro atoms. The molecular formula is C15H17ClO6. The third kappa shape index (κ3) is 2.76. The van der Waals surface area contributed by atoms with Crippen LogP contribution in [0.15, 0.2) is 18.2 Å². The van der Waals surface area contributed by atoms with Crippen molar-refractivity contribution in [1.82, 2.24) is 0 Å². The number of ether oxygens (including phenoxy) is 4. The van der Waals surface area contributed by atoms with Gasteiger partial charge in [-0.05, 0) is 24.6 Å². The van der Waals surface area contributed by atoms with E-state index in [-0.39, 0.29) is 13.2 Å². The first kappa shape index (κ1) is 16.6. The minimum absolute atomic E-state index is 0.0464. The lowest BCUT2D eigenvalue weighted by Crippen LogP contribution is -2.30. The smallest absolute Gasteiger partial charge is 0.323 e. The average Bonchev–Trinajstić information content (AvgIpc) is 3.28. The minimum atomic E-state index is -1.33. The van der Waals surface area contributed by atoms with E-state index in [1.165, 1.54) is 21.3 Å². The Kier molecular flexibility index (Phi) is 4.93. The van der Waals surface area contributed by atoms with Crippen molar-refractivity contribution in [2.75, 3.05) is 28.1 Å². The molecule has 2 rings (SSSR count). The second-order valence-electron chi connectivity index (χ2n) is 4.94. The van der Waals surface area contributed by atoms with E-state index in [0.717, 1.165) is 0 Å². The zero-order valence-electron chi connectivity index (χ0n) is 12.6. The van der Waals surface area contributed by atoms with Gasteiger partial charge in [-0.2, -0.15) is 0 Å². The summed E-state index contributed by atoms with van der Waals surface area (Å²) in [4.78, 5) is 24.1. The summed E-state index contributed by atoms with van der Waals surface area (Å²) in [7, 11) is 3.98. The molecule has 0 heterocycles. The summed E-state index contributed by atoms with van der Waals surface area (Å²) in [6.07, 6.45) is 0.288. The van der Waals surface area contributed by atoms with E-state index in [2.05, 4.69) is 0 Å². The van der Waals surface area contributed by atoms with Gasteiger partial charge in [-0.3, -0.25) is 9.59 Å². The Morgan fingerprint density at radius 2 is 1.86 bits per heavy atom. The highest BCUT2D eigenvalue weighted by Gasteiger charge is 2.69. The van der Waals surface area contributed by atoms with Crippen molar-refractivity contribution in [3.63, 3.8) is 0 Å². The third-order valence-corrected chi connectivity index (χ3v) is 3.97. The van der Waals surface area contributed by atoms with Crippen molar-refractivity contribution in [3.05, 3.63) is 28.8 Å². The normalized spacial score (nSPS) is 18.5. The lowest BCUT2D eigenvalue weighted by molar-refractivity contribution is -0.161. The molecule has 0 radical (unpaired) electrons. The fourth-order valence-electron chi connectivity index (χ4n) is 2.58. The number of carbonyl (C=O) groups is 2. The zero-order valence-corrected chi connectivity index (χ0v) is 13.3. The summed E-state index contributed by atoms with van der Waals surface area (Å²) in [5, 5.41) is 0.482. The molecule has 1 aliphatic carbocycles. The second-order valence-corrected chi connectivity index (χ2v) is 5.38. The summed E-state index contributed by atoms with van der Waals surface area (Å²) in [5.41, 5.74) is -0.681. The Hall–Kier alpha value is -1.79. The first-order valence-electron chi connectivity index (χ1n) is 6.59. The van der Waals surface area contributed by atoms with E-state index in [1.54, 1.807) is 18.2 Å². The molecule has 1 aliphatic rings. The van der Waals surface area contributed by atoms with Gasteiger partial charge in [0.25, 0.3) is 0 Å². The van der Waals surface area contributed by atoms with E-state index in [4.69, 9.17) is 30.5 Å². The number of esters is 2. The number of carbonyl (C=O) groups excluding carboxylic acids is 2. The number of hydrogen-bond acceptors (Lipinski definition) is 6. The van der Waals surface area contributed by atoms with Crippen molar-refractivity contribution < 1.29 is 28.5 Å². The van der Waals surface area contributed by atoms with Gasteiger partial charge in [0, 0.05) is 23.6 Å². The van der Waals surface area contributed by atoms with E-state index in [0.29, 0.717) is 16.3 Å². The molecule has 6 nitrogen and oxygen atoms in total. The Balaban J connectivity index is 2.38. The SMILES string of the molecule is COCOc1ccc(Cl)cc1[C@@H]1CC1(C(=O)OC)C(=O)OC. The van der Waals surface area contributed by atoms with E-state index in [1.807, 2.05) is 0 Å². The molecule has 0 unspecified atom stereocenters. The molecule has 22 heavy (non-hydrogen) atoms. The summed E-state index contributed by atoms with van der Waals surface area (Å²) in [6, 6.07) is 5.01. The molecule has 0 bridgehead atoms. The molecule has 0 aliphatic heterocycles. The first-order chi connectivity index (χ1) is 10.5. The van der Waals surface area contributed by atoms with Crippen LogP contribution in [0.4, 0.5) is 0 Å². The number of hydrogen-bond donors (Lipinski definition) is 0. The van der Waals surface area contributed by atoms with Gasteiger partial charge in [0.15, 0.2) is 12.2 Å². The van der Waals surface area contributed by atoms with Gasteiger partial charge in [-0.1, -0.05) is 11.6 Å². The van der Waals surface area contributed by atoms with Crippen LogP contribution in [-0.4, -0.2) is 40.1 Å². The van der Waals surface area contributed by atoms with Crippen LogP contribution in [0.1, 0.15) is 17.9 Å². The summed E-state index contributed by atoms with van der Waals surface area (Å²) in [6.45, 7) is 0.0464. The van der Waals surface area contributed by atoms with Crippen molar-refractivity contribution >= 4 is 23.5 Å². The number of halogens is 1. The zero-order chi connectivity index (χ0) is 16.3. The Bertz CT molecular complexity index is 569. The van der Waals surface area contributed by atoms with Crippen LogP contribution in [0.2, 0.25) is 5.02 Å². The monoisotopic (exact) mass is 328 g/mol. The van der Waals surface area contributed by atoms with Gasteiger partial charge in [0.05, 0.1) is 14.2 Å². The van der Waals surface area contributed by atoms with Gasteiger partial charge in [-0.25, -0.2) is 0 Å². The molecule has 1 atom stereocenters. The molecule has 0 amide bonds. The fourth-order valence-corrected chi connectivity index (χ4v) is 2.76. The maximum absolute atomic E-state index is 12.1. The molecule has 1 aromatic carbocycles. The van der Waals surface area contributed by atoms with Gasteiger partial charge in [0.1, 0.15) is 5.75 Å². The molecule has 120 valence electrons. The van der Waals surface area contributed by atoms with Crippen molar-refractivity contribution in [2.45, 2.75) is 12.3 Å². The van der Waals surface area contributed by atoms with Crippen LogP contribution < -0.4 is 4.74 Å². The maximum atomic E-state index is 12.1. The van der Waals surface area contributed by atoms with E-state index < -0.39 is 23.3 Å². The van der Waals surface area contributed by atoms with E-state index in [9.17, 15) is 9.59 Å². The minimum Gasteiger partial charge on any atom is -0.468 e. The largest absolute Gasteiger partial charge is 0.468 e. The number of rotatable bonds is 6. The lowest BCUT2D eigenvalue weighted by Gasteiger charge is -2.15. The van der Waals surface area contributed by atoms with Crippen LogP contribution in [0, 0.1) is 5.41 Å². The van der Waals surface area contributed by atoms with Gasteiger partial charge in [-0.15, -0.1) is 0 Å². The topological polar surface area (TPSA) is 71.1 Å². The quantitative estimate of drug-likeness (QED) is 0.452. The van der Waals surface area contributed by atoms with Crippen molar-refractivity contribution in [2.24, 2.45) is 5.41 Å². The molecule has 0 N–H and O–H groups in total. The highest BCUT2D eigenvalue weighted by atomic mass is 35.5. The highest BCUT2D eigenvalue weighted by Crippen LogP contribution is 2.62. The molecule has 7 heteroatoms. The maximum Gasteiger partial charge on any atom is 0.323 e. The Morgan fingerprint density at radius 3 is 2.41 bits per heavy atom. The summed E-state index contributed by atoms with van der Waals surface area (Å²) >= 11 is 6.02. The molecular weight excluding hydrogens is 312 g/mol. The Labute approximate surface area is 133 Å². The third-order valence-electron chi connectivity index (χ3n) is 3.74. The number of methoxy groups -OCH3 is 3. The van der Waals surface area contributed by atoms with Gasteiger partial charge < -0.3 is 18.9 Å². The summed E-state index contributed by atoms with van der Waals surface area (Å²) < 4.78 is 19.9. The lowest BCUT2D eigenvalue weighted by atomic mass is 9.98. The summed E-state index contributed by atoms with van der Waals surface area (Å²) in [5.74, 6) is -1.15. The number of benzene rings is 1. The van der Waals surface area contributed by atoms with Crippen molar-refractivity contribution in [3.8, 4) is 5.75 Å². The van der Waals surface area contributed by atoms with Crippen LogP contribution >= 0.6 is 11.6 Å². The van der Waals surface area contributed by atoms with Crippen LogP contribution in [-0.2, 0) is 23.8 Å². The fraction of sp³-hybridized carbons (Fsp3) is 0.467. The van der Waals surface area contributed by atoms with Gasteiger partial charge in [0.2, 0.25) is 0 Å². The predicted octanol–water partition coefficient (Wildman–Crippen LogP) is 2.14. The first-order valence-corrected chi connectivity index (χ1v) is 6.97. The van der Waals surface area contributed by atoms with E-state index >= 15 is 0 Å². The molecule has 1 fully saturated rings. The van der Waals surface area contributed by atoms with Crippen LogP contribution in [0.25, 0.3) is 0 Å². The standard InChI is InChI=1S/C15H17ClO6/c1-19-8-22-12-5-4-9(16)6-10(12)11-7-15(11,13(17)20-2)14(18)21-3/h4-6,11H,7-8H2,1-3H3/t11-/m0/s1. The highest BCUT2D eigenvalue weighted by molar-refractivity contribution is 6.30. The molecule has 0 aromatic heterocycles. The molecule has 0 saturated heterocycles.